The first-order valence-corrected chi connectivity index (χ1v) is 6.69. The van der Waals surface area contributed by atoms with Crippen molar-refractivity contribution in [3.63, 3.8) is 0 Å². The molecule has 1 heterocycles. The Morgan fingerprint density at radius 3 is 2.75 bits per heavy atom. The molecule has 0 aromatic carbocycles. The van der Waals surface area contributed by atoms with E-state index in [1.165, 1.54) is 25.9 Å². The molecule has 0 saturated carbocycles. The number of rotatable bonds is 7. The predicted octanol–water partition coefficient (Wildman–Crippen LogP) is 1.73. The molecule has 0 aromatic heterocycles. The lowest BCUT2D eigenvalue weighted by atomic mass is 10.1. The van der Waals surface area contributed by atoms with Crippen LogP contribution in [0.1, 0.15) is 33.6 Å². The minimum atomic E-state index is 0.631. The molecule has 0 bridgehead atoms. The molecule has 96 valence electrons. The molecular weight excluding hydrogens is 200 g/mol. The molecule has 3 nitrogen and oxygen atoms in total. The van der Waals surface area contributed by atoms with Crippen LogP contribution in [0.3, 0.4) is 0 Å². The molecule has 1 rings (SSSR count). The van der Waals surface area contributed by atoms with Crippen molar-refractivity contribution in [1.29, 1.82) is 0 Å². The Kier molecular flexibility index (Phi) is 6.32. The Balaban J connectivity index is 2.39. The van der Waals surface area contributed by atoms with Crippen molar-refractivity contribution < 1.29 is 4.74 Å². The molecule has 1 fully saturated rings. The number of hydrogen-bond donors (Lipinski definition) is 1. The Labute approximate surface area is 101 Å². The summed E-state index contributed by atoms with van der Waals surface area (Å²) in [6.07, 6.45) is 2.50. The number of ether oxygens (including phenoxy) is 1. The van der Waals surface area contributed by atoms with Crippen molar-refractivity contribution in [3.8, 4) is 0 Å². The van der Waals surface area contributed by atoms with Gasteiger partial charge in [-0.1, -0.05) is 13.8 Å². The highest BCUT2D eigenvalue weighted by atomic mass is 16.5. The fourth-order valence-electron chi connectivity index (χ4n) is 2.78. The van der Waals surface area contributed by atoms with Crippen LogP contribution in [0.25, 0.3) is 0 Å². The molecule has 0 spiro atoms. The van der Waals surface area contributed by atoms with Gasteiger partial charge in [0, 0.05) is 25.7 Å². The maximum Gasteiger partial charge on any atom is 0.0503 e. The zero-order valence-corrected chi connectivity index (χ0v) is 11.3. The zero-order valence-electron chi connectivity index (χ0n) is 11.3. The van der Waals surface area contributed by atoms with Gasteiger partial charge in [0.2, 0.25) is 0 Å². The quantitative estimate of drug-likeness (QED) is 0.718. The molecule has 0 aromatic rings. The van der Waals surface area contributed by atoms with Gasteiger partial charge in [0.25, 0.3) is 0 Å². The monoisotopic (exact) mass is 228 g/mol. The minimum absolute atomic E-state index is 0.631. The van der Waals surface area contributed by atoms with Crippen LogP contribution in [0, 0.1) is 5.92 Å². The van der Waals surface area contributed by atoms with Gasteiger partial charge in [0.05, 0.1) is 6.61 Å². The average molecular weight is 228 g/mol. The highest BCUT2D eigenvalue weighted by Crippen LogP contribution is 2.20. The van der Waals surface area contributed by atoms with Gasteiger partial charge < -0.3 is 10.1 Å². The number of nitrogens with zero attached hydrogens (tertiary/aromatic N) is 1. The van der Waals surface area contributed by atoms with Crippen LogP contribution in [0.4, 0.5) is 0 Å². The van der Waals surface area contributed by atoms with Crippen molar-refractivity contribution in [3.05, 3.63) is 0 Å². The van der Waals surface area contributed by atoms with Gasteiger partial charge in [-0.15, -0.1) is 0 Å². The third-order valence-electron chi connectivity index (χ3n) is 3.78. The number of hydrogen-bond acceptors (Lipinski definition) is 3. The van der Waals surface area contributed by atoms with Crippen LogP contribution in [-0.2, 0) is 4.74 Å². The van der Waals surface area contributed by atoms with E-state index < -0.39 is 0 Å². The summed E-state index contributed by atoms with van der Waals surface area (Å²) in [6.45, 7) is 11.2. The molecule has 0 aliphatic carbocycles. The van der Waals surface area contributed by atoms with Gasteiger partial charge >= 0.3 is 0 Å². The molecule has 0 radical (unpaired) electrons. The summed E-state index contributed by atoms with van der Waals surface area (Å²) in [5.41, 5.74) is 0. The van der Waals surface area contributed by atoms with Crippen LogP contribution in [0.2, 0.25) is 0 Å². The first kappa shape index (κ1) is 13.9. The van der Waals surface area contributed by atoms with Crippen LogP contribution in [0.15, 0.2) is 0 Å². The topological polar surface area (TPSA) is 24.5 Å². The lowest BCUT2D eigenvalue weighted by Gasteiger charge is -2.32. The van der Waals surface area contributed by atoms with Crippen molar-refractivity contribution in [2.45, 2.75) is 45.7 Å². The van der Waals surface area contributed by atoms with E-state index in [1.54, 1.807) is 7.11 Å². The fourth-order valence-corrected chi connectivity index (χ4v) is 2.78. The summed E-state index contributed by atoms with van der Waals surface area (Å²) in [7, 11) is 1.81. The van der Waals surface area contributed by atoms with E-state index in [-0.39, 0.29) is 0 Å². The van der Waals surface area contributed by atoms with E-state index in [0.717, 1.165) is 19.1 Å². The second kappa shape index (κ2) is 7.25. The third-order valence-corrected chi connectivity index (χ3v) is 3.78. The minimum Gasteiger partial charge on any atom is -0.384 e. The van der Waals surface area contributed by atoms with Crippen LogP contribution in [0.5, 0.6) is 0 Å². The molecule has 3 heteroatoms. The summed E-state index contributed by atoms with van der Waals surface area (Å²) in [6, 6.07) is 1.28. The summed E-state index contributed by atoms with van der Waals surface area (Å²) in [5, 5.41) is 3.58. The van der Waals surface area contributed by atoms with Crippen molar-refractivity contribution in [2.24, 2.45) is 5.92 Å². The van der Waals surface area contributed by atoms with Gasteiger partial charge in [-0.25, -0.2) is 0 Å². The molecule has 16 heavy (non-hydrogen) atoms. The molecule has 1 aliphatic rings. The first-order chi connectivity index (χ1) is 7.72. The third kappa shape index (κ3) is 3.72. The van der Waals surface area contributed by atoms with Gasteiger partial charge in [0.15, 0.2) is 0 Å². The van der Waals surface area contributed by atoms with E-state index >= 15 is 0 Å². The van der Waals surface area contributed by atoms with Gasteiger partial charge in [-0.05, 0) is 38.8 Å². The largest absolute Gasteiger partial charge is 0.384 e. The smallest absolute Gasteiger partial charge is 0.0503 e. The maximum absolute atomic E-state index is 5.25. The summed E-state index contributed by atoms with van der Waals surface area (Å²) in [5.74, 6) is 0.742. The molecular formula is C13H28N2O. The second-order valence-corrected chi connectivity index (χ2v) is 4.92. The van der Waals surface area contributed by atoms with Crippen LogP contribution >= 0.6 is 0 Å². The molecule has 1 N–H and O–H groups in total. The number of nitrogens with one attached hydrogen (secondary N) is 1. The van der Waals surface area contributed by atoms with Crippen molar-refractivity contribution in [2.75, 3.05) is 33.4 Å². The Hall–Kier alpha value is -0.120. The summed E-state index contributed by atoms with van der Waals surface area (Å²) in [4.78, 5) is 2.61. The molecule has 3 unspecified atom stereocenters. The second-order valence-electron chi connectivity index (χ2n) is 4.92. The number of likely N-dealkylation sites (N-methyl/N-ethyl adjacent to an activating group) is 1. The molecule has 1 saturated heterocycles. The number of methoxy groups -OCH3 is 1. The lowest BCUT2D eigenvalue weighted by Crippen LogP contribution is -2.47. The predicted molar refractivity (Wildman–Crippen MR) is 68.8 cm³/mol. The first-order valence-electron chi connectivity index (χ1n) is 6.69. The highest BCUT2D eigenvalue weighted by Gasteiger charge is 2.29. The normalized spacial score (nSPS) is 25.9. The Bertz CT molecular complexity index is 187. The summed E-state index contributed by atoms with van der Waals surface area (Å²) >= 11 is 0. The maximum atomic E-state index is 5.25. The lowest BCUT2D eigenvalue weighted by molar-refractivity contribution is 0.142. The van der Waals surface area contributed by atoms with E-state index in [0.29, 0.717) is 12.1 Å². The molecule has 0 amide bonds. The standard InChI is InChI=1S/C13H28N2O/c1-5-13(14-6-2)11(3)15-8-7-12(9-15)10-16-4/h11-14H,5-10H2,1-4H3. The highest BCUT2D eigenvalue weighted by molar-refractivity contribution is 4.85. The zero-order chi connectivity index (χ0) is 12.0. The van der Waals surface area contributed by atoms with E-state index in [2.05, 4.69) is 31.0 Å². The molecule has 1 aliphatic heterocycles. The fraction of sp³-hybridized carbons (Fsp3) is 1.00. The van der Waals surface area contributed by atoms with E-state index in [9.17, 15) is 0 Å². The molecule has 3 atom stereocenters. The van der Waals surface area contributed by atoms with Crippen molar-refractivity contribution >= 4 is 0 Å². The van der Waals surface area contributed by atoms with E-state index in [1.807, 2.05) is 0 Å². The SMILES string of the molecule is CCNC(CC)C(C)N1CCC(COC)C1. The van der Waals surface area contributed by atoms with Crippen LogP contribution < -0.4 is 5.32 Å². The average Bonchev–Trinajstić information content (AvgIpc) is 2.74. The van der Waals surface area contributed by atoms with Crippen LogP contribution in [-0.4, -0.2) is 50.3 Å². The Morgan fingerprint density at radius 1 is 1.44 bits per heavy atom. The van der Waals surface area contributed by atoms with Gasteiger partial charge in [-0.3, -0.25) is 4.90 Å². The van der Waals surface area contributed by atoms with Crippen molar-refractivity contribution in [1.82, 2.24) is 10.2 Å². The number of likely N-dealkylation sites (tertiary alicyclic amines) is 1. The van der Waals surface area contributed by atoms with E-state index in [4.69, 9.17) is 4.74 Å². The van der Waals surface area contributed by atoms with Gasteiger partial charge in [0.1, 0.15) is 0 Å². The Morgan fingerprint density at radius 2 is 2.19 bits per heavy atom. The summed E-state index contributed by atoms with van der Waals surface area (Å²) < 4.78 is 5.25. The van der Waals surface area contributed by atoms with Gasteiger partial charge in [-0.2, -0.15) is 0 Å².